The third-order valence-electron chi connectivity index (χ3n) is 2.99. The fourth-order valence-corrected chi connectivity index (χ4v) is 2.11. The van der Waals surface area contributed by atoms with Crippen molar-refractivity contribution in [3.05, 3.63) is 35.3 Å². The third-order valence-corrected chi connectivity index (χ3v) is 2.99. The van der Waals surface area contributed by atoms with E-state index in [4.69, 9.17) is 0 Å². The van der Waals surface area contributed by atoms with Gasteiger partial charge in [0.25, 0.3) is 5.91 Å². The molecule has 1 unspecified atom stereocenters. The van der Waals surface area contributed by atoms with E-state index in [0.29, 0.717) is 16.2 Å². The number of hydrogen-bond acceptors (Lipinski definition) is 2. The van der Waals surface area contributed by atoms with Gasteiger partial charge < -0.3 is 10.1 Å². The first-order chi connectivity index (χ1) is 7.66. The zero-order chi connectivity index (χ0) is 11.5. The van der Waals surface area contributed by atoms with E-state index < -0.39 is 0 Å². The van der Waals surface area contributed by atoms with Gasteiger partial charge in [0.1, 0.15) is 0 Å². The highest BCUT2D eigenvalue weighted by Gasteiger charge is 2.22. The highest BCUT2D eigenvalue weighted by atomic mass is 16.5. The maximum absolute atomic E-state index is 12.1. The van der Waals surface area contributed by atoms with Crippen LogP contribution in [0.2, 0.25) is 0 Å². The Labute approximate surface area is 95.1 Å². The number of aromatic nitrogens is 1. The van der Waals surface area contributed by atoms with Gasteiger partial charge in [-0.25, -0.2) is 0 Å². The smallest absolute Gasteiger partial charge is 0.254 e. The van der Waals surface area contributed by atoms with Crippen molar-refractivity contribution in [2.45, 2.75) is 19.8 Å². The van der Waals surface area contributed by atoms with Crippen LogP contribution in [0.15, 0.2) is 24.5 Å². The van der Waals surface area contributed by atoms with Crippen LogP contribution in [0, 0.1) is 11.1 Å². The summed E-state index contributed by atoms with van der Waals surface area (Å²) < 4.78 is 0.690. The van der Waals surface area contributed by atoms with Crippen molar-refractivity contribution in [3.8, 4) is 0 Å². The van der Waals surface area contributed by atoms with Crippen LogP contribution in [-0.4, -0.2) is 23.9 Å². The summed E-state index contributed by atoms with van der Waals surface area (Å²) in [4.78, 5) is 13.9. The van der Waals surface area contributed by atoms with Gasteiger partial charge in [0.2, 0.25) is 0 Å². The van der Waals surface area contributed by atoms with E-state index in [-0.39, 0.29) is 5.91 Å². The number of pyridine rings is 1. The zero-order valence-electron chi connectivity index (χ0n) is 9.43. The number of amides is 1. The number of hydrogen-bond donors (Lipinski definition) is 0. The second kappa shape index (κ2) is 4.51. The van der Waals surface area contributed by atoms with Crippen molar-refractivity contribution in [3.63, 3.8) is 0 Å². The van der Waals surface area contributed by atoms with Crippen molar-refractivity contribution < 1.29 is 9.52 Å². The summed E-state index contributed by atoms with van der Waals surface area (Å²) >= 11 is 0. The molecule has 4 heteroatoms. The highest BCUT2D eigenvalue weighted by molar-refractivity contribution is 5.94. The highest BCUT2D eigenvalue weighted by Crippen LogP contribution is 2.17. The van der Waals surface area contributed by atoms with Crippen LogP contribution in [0.5, 0.6) is 0 Å². The van der Waals surface area contributed by atoms with Crippen molar-refractivity contribution in [1.29, 1.82) is 0 Å². The Morgan fingerprint density at radius 3 is 2.81 bits per heavy atom. The van der Waals surface area contributed by atoms with Gasteiger partial charge in [-0.05, 0) is 18.8 Å². The van der Waals surface area contributed by atoms with E-state index in [1.807, 2.05) is 4.90 Å². The quantitative estimate of drug-likeness (QED) is 0.527. The summed E-state index contributed by atoms with van der Waals surface area (Å²) in [6.45, 7) is 3.82. The van der Waals surface area contributed by atoms with Gasteiger partial charge in [0.05, 0.1) is 5.56 Å². The molecule has 0 spiro atoms. The van der Waals surface area contributed by atoms with Crippen LogP contribution in [-0.2, 0) is 0 Å². The van der Waals surface area contributed by atoms with Crippen LogP contribution in [0.4, 0.5) is 0 Å². The zero-order valence-corrected chi connectivity index (χ0v) is 9.43. The molecule has 86 valence electrons. The Morgan fingerprint density at radius 2 is 2.19 bits per heavy atom. The molecule has 1 aromatic heterocycles. The number of likely N-dealkylation sites (tertiary alicyclic amines) is 1. The Bertz CT molecular complexity index is 375. The summed E-state index contributed by atoms with van der Waals surface area (Å²) in [5, 5.41) is 10.9. The van der Waals surface area contributed by atoms with Crippen LogP contribution in [0.25, 0.3) is 0 Å². The Morgan fingerprint density at radius 1 is 1.50 bits per heavy atom. The van der Waals surface area contributed by atoms with Gasteiger partial charge in [-0.3, -0.25) is 4.79 Å². The first-order valence-electron chi connectivity index (χ1n) is 5.65. The van der Waals surface area contributed by atoms with Crippen LogP contribution in [0.1, 0.15) is 30.1 Å². The van der Waals surface area contributed by atoms with Crippen molar-refractivity contribution in [2.24, 2.45) is 5.92 Å². The molecule has 2 heterocycles. The summed E-state index contributed by atoms with van der Waals surface area (Å²) in [6.07, 6.45) is 4.99. The van der Waals surface area contributed by atoms with Gasteiger partial charge in [0, 0.05) is 25.2 Å². The Kier molecular flexibility index (Phi) is 3.08. The van der Waals surface area contributed by atoms with Gasteiger partial charge >= 0.3 is 0 Å². The minimum Gasteiger partial charge on any atom is -0.619 e. The lowest BCUT2D eigenvalue weighted by Gasteiger charge is -2.30. The van der Waals surface area contributed by atoms with Crippen LogP contribution in [0.3, 0.4) is 0 Å². The fourth-order valence-electron chi connectivity index (χ4n) is 2.11. The first kappa shape index (κ1) is 10.9. The Balaban J connectivity index is 2.09. The molecule has 4 nitrogen and oxygen atoms in total. The largest absolute Gasteiger partial charge is 0.619 e. The molecule has 16 heavy (non-hydrogen) atoms. The van der Waals surface area contributed by atoms with Gasteiger partial charge in [0.15, 0.2) is 12.4 Å². The molecule has 1 aliphatic rings. The average molecular weight is 220 g/mol. The van der Waals surface area contributed by atoms with E-state index >= 15 is 0 Å². The molecule has 0 N–H and O–H groups in total. The number of carbonyl (C=O) groups is 1. The number of nitrogens with zero attached hydrogens (tertiary/aromatic N) is 2. The maximum atomic E-state index is 12.1. The number of piperidine rings is 1. The minimum atomic E-state index is 0.0344. The molecular formula is C12H16N2O2. The van der Waals surface area contributed by atoms with Crippen molar-refractivity contribution in [1.82, 2.24) is 4.90 Å². The SMILES string of the molecule is CC1CCCN(C(=O)c2cc[n+]([O-])cc2)C1. The van der Waals surface area contributed by atoms with E-state index in [1.54, 1.807) is 12.1 Å². The van der Waals surface area contributed by atoms with E-state index in [1.165, 1.54) is 18.8 Å². The molecular weight excluding hydrogens is 204 g/mol. The average Bonchev–Trinajstić information content (AvgIpc) is 2.29. The molecule has 1 atom stereocenters. The number of carbonyl (C=O) groups excluding carboxylic acids is 1. The second-order valence-corrected chi connectivity index (χ2v) is 4.45. The van der Waals surface area contributed by atoms with E-state index in [0.717, 1.165) is 19.5 Å². The molecule has 1 amide bonds. The molecule has 1 aromatic rings. The van der Waals surface area contributed by atoms with Gasteiger partial charge in [-0.15, -0.1) is 0 Å². The molecule has 1 fully saturated rings. The first-order valence-corrected chi connectivity index (χ1v) is 5.65. The summed E-state index contributed by atoms with van der Waals surface area (Å²) in [7, 11) is 0. The third kappa shape index (κ3) is 2.32. The molecule has 0 bridgehead atoms. The predicted molar refractivity (Wildman–Crippen MR) is 59.7 cm³/mol. The molecule has 1 saturated heterocycles. The minimum absolute atomic E-state index is 0.0344. The van der Waals surface area contributed by atoms with Crippen molar-refractivity contribution >= 4 is 5.91 Å². The number of rotatable bonds is 1. The topological polar surface area (TPSA) is 47.2 Å². The van der Waals surface area contributed by atoms with Gasteiger partial charge in [-0.2, -0.15) is 4.73 Å². The second-order valence-electron chi connectivity index (χ2n) is 4.45. The Hall–Kier alpha value is -1.58. The normalized spacial score (nSPS) is 20.8. The summed E-state index contributed by atoms with van der Waals surface area (Å²) in [5.41, 5.74) is 0.598. The standard InChI is InChI=1S/C12H16N2O2/c1-10-3-2-6-13(9-10)12(15)11-4-7-14(16)8-5-11/h4-5,7-8,10H,2-3,6,9H2,1H3. The van der Waals surface area contributed by atoms with Crippen LogP contribution < -0.4 is 4.73 Å². The van der Waals surface area contributed by atoms with E-state index in [2.05, 4.69) is 6.92 Å². The lowest BCUT2D eigenvalue weighted by atomic mass is 10.00. The van der Waals surface area contributed by atoms with E-state index in [9.17, 15) is 10.0 Å². The lowest BCUT2D eigenvalue weighted by Crippen LogP contribution is -2.39. The van der Waals surface area contributed by atoms with Crippen LogP contribution >= 0.6 is 0 Å². The molecule has 1 aliphatic heterocycles. The summed E-state index contributed by atoms with van der Waals surface area (Å²) in [6, 6.07) is 3.16. The fraction of sp³-hybridized carbons (Fsp3) is 0.500. The molecule has 0 aliphatic carbocycles. The predicted octanol–water partition coefficient (Wildman–Crippen LogP) is 1.19. The lowest BCUT2D eigenvalue weighted by molar-refractivity contribution is -0.605. The summed E-state index contributed by atoms with van der Waals surface area (Å²) in [5.74, 6) is 0.609. The molecule has 0 aromatic carbocycles. The maximum Gasteiger partial charge on any atom is 0.254 e. The van der Waals surface area contributed by atoms with Gasteiger partial charge in [-0.1, -0.05) is 6.92 Å². The van der Waals surface area contributed by atoms with Crippen molar-refractivity contribution in [2.75, 3.05) is 13.1 Å². The monoisotopic (exact) mass is 220 g/mol. The molecule has 0 saturated carbocycles. The molecule has 0 radical (unpaired) electrons. The molecule has 2 rings (SSSR count).